The van der Waals surface area contributed by atoms with E-state index < -0.39 is 21.7 Å². The summed E-state index contributed by atoms with van der Waals surface area (Å²) in [5.41, 5.74) is 2.84. The summed E-state index contributed by atoms with van der Waals surface area (Å²) in [7, 11) is -3.89. The van der Waals surface area contributed by atoms with Crippen LogP contribution in [0.2, 0.25) is 5.02 Å². The minimum atomic E-state index is -3.89. The van der Waals surface area contributed by atoms with Crippen LogP contribution in [0.4, 0.5) is 21.9 Å². The van der Waals surface area contributed by atoms with Crippen LogP contribution in [0.25, 0.3) is 0 Å². The standard InChI is InChI=1S/C26H26ClN3O4S/c1-26(2,32)20-9-5-10-22-19(20)16-29(25(31)28-22)24-15-18(12-13-21(24)27)35(33,34)30-14-6-8-17-7-3-4-11-23(17)30/h3-5,7,9-13,15,32H,6,8,14,16H2,1-2H3,(H,28,31). The molecular formula is C26H26ClN3O4S. The van der Waals surface area contributed by atoms with Crippen molar-refractivity contribution in [2.24, 2.45) is 0 Å². The molecule has 2 heterocycles. The van der Waals surface area contributed by atoms with Crippen LogP contribution in [0.3, 0.4) is 0 Å². The van der Waals surface area contributed by atoms with Crippen LogP contribution in [-0.4, -0.2) is 26.1 Å². The van der Waals surface area contributed by atoms with Crippen LogP contribution in [0.1, 0.15) is 37.0 Å². The van der Waals surface area contributed by atoms with Gasteiger partial charge in [0.2, 0.25) is 0 Å². The van der Waals surface area contributed by atoms with Crippen molar-refractivity contribution in [2.75, 3.05) is 21.1 Å². The van der Waals surface area contributed by atoms with Crippen LogP contribution in [0, 0.1) is 0 Å². The Hall–Kier alpha value is -3.07. The summed E-state index contributed by atoms with van der Waals surface area (Å²) in [6.07, 6.45) is 1.55. The summed E-state index contributed by atoms with van der Waals surface area (Å²) in [6, 6.07) is 16.9. The molecule has 0 unspecified atom stereocenters. The number of benzene rings is 3. The second-order valence-electron chi connectivity index (χ2n) is 9.33. The van der Waals surface area contributed by atoms with E-state index in [2.05, 4.69) is 5.32 Å². The number of amides is 2. The topological polar surface area (TPSA) is 90.0 Å². The van der Waals surface area contributed by atoms with E-state index in [1.807, 2.05) is 30.3 Å². The van der Waals surface area contributed by atoms with Crippen molar-refractivity contribution in [3.8, 4) is 0 Å². The number of halogens is 1. The fraction of sp³-hybridized carbons (Fsp3) is 0.269. The molecule has 7 nitrogen and oxygen atoms in total. The van der Waals surface area contributed by atoms with Gasteiger partial charge in [-0.1, -0.05) is 41.9 Å². The van der Waals surface area contributed by atoms with Gasteiger partial charge in [0.05, 0.1) is 33.4 Å². The lowest BCUT2D eigenvalue weighted by Crippen LogP contribution is -2.40. The van der Waals surface area contributed by atoms with Crippen molar-refractivity contribution in [1.29, 1.82) is 0 Å². The number of sulfonamides is 1. The lowest BCUT2D eigenvalue weighted by Gasteiger charge is -2.34. The fourth-order valence-corrected chi connectivity index (χ4v) is 6.57. The number of urea groups is 1. The zero-order valence-corrected chi connectivity index (χ0v) is 21.0. The first-order valence-electron chi connectivity index (χ1n) is 11.4. The fourth-order valence-electron chi connectivity index (χ4n) is 4.79. The van der Waals surface area contributed by atoms with E-state index in [1.165, 1.54) is 27.4 Å². The Kier molecular flexibility index (Phi) is 5.78. The number of nitrogens with one attached hydrogen (secondary N) is 1. The first-order chi connectivity index (χ1) is 16.6. The predicted molar refractivity (Wildman–Crippen MR) is 138 cm³/mol. The first kappa shape index (κ1) is 23.7. The van der Waals surface area contributed by atoms with Gasteiger partial charge in [-0.15, -0.1) is 0 Å². The van der Waals surface area contributed by atoms with E-state index in [0.717, 1.165) is 24.0 Å². The zero-order chi connectivity index (χ0) is 25.0. The van der Waals surface area contributed by atoms with E-state index in [-0.39, 0.29) is 22.2 Å². The molecular weight excluding hydrogens is 486 g/mol. The van der Waals surface area contributed by atoms with Crippen LogP contribution in [0.15, 0.2) is 65.6 Å². The van der Waals surface area contributed by atoms with Crippen molar-refractivity contribution in [1.82, 2.24) is 0 Å². The third-order valence-corrected chi connectivity index (χ3v) is 8.63. The molecule has 9 heteroatoms. The van der Waals surface area contributed by atoms with E-state index in [9.17, 15) is 18.3 Å². The zero-order valence-electron chi connectivity index (χ0n) is 19.5. The molecule has 0 radical (unpaired) electrons. The van der Waals surface area contributed by atoms with Crippen molar-refractivity contribution in [3.05, 3.63) is 82.4 Å². The number of anilines is 3. The van der Waals surface area contributed by atoms with E-state index in [1.54, 1.807) is 26.0 Å². The van der Waals surface area contributed by atoms with Crippen LogP contribution >= 0.6 is 11.6 Å². The van der Waals surface area contributed by atoms with Crippen molar-refractivity contribution in [2.45, 2.75) is 43.7 Å². The molecule has 2 amide bonds. The Labute approximate surface area is 210 Å². The number of nitrogens with zero attached hydrogens (tertiary/aromatic N) is 2. The van der Waals surface area contributed by atoms with Crippen molar-refractivity contribution >= 4 is 44.7 Å². The second kappa shape index (κ2) is 8.55. The quantitative estimate of drug-likeness (QED) is 0.500. The third kappa shape index (κ3) is 4.16. The number of hydrogen-bond acceptors (Lipinski definition) is 4. The van der Waals surface area contributed by atoms with Crippen molar-refractivity contribution < 1.29 is 18.3 Å². The van der Waals surface area contributed by atoms with Gasteiger partial charge in [0.1, 0.15) is 0 Å². The average molecular weight is 512 g/mol. The Morgan fingerprint density at radius 1 is 1.03 bits per heavy atom. The SMILES string of the molecule is CC(C)(O)c1cccc2c1CN(c1cc(S(=O)(=O)N3CCCc4ccccc43)ccc1Cl)C(=O)N2. The number of aliphatic hydroxyl groups is 1. The molecule has 3 aromatic carbocycles. The molecule has 0 fully saturated rings. The van der Waals surface area contributed by atoms with Gasteiger partial charge < -0.3 is 10.4 Å². The maximum atomic E-state index is 13.7. The molecule has 0 spiro atoms. The highest BCUT2D eigenvalue weighted by Gasteiger charge is 2.33. The molecule has 182 valence electrons. The summed E-state index contributed by atoms with van der Waals surface area (Å²) in [5.74, 6) is 0. The Balaban J connectivity index is 1.56. The molecule has 2 aliphatic rings. The minimum absolute atomic E-state index is 0.0583. The second-order valence-corrected chi connectivity index (χ2v) is 11.6. The molecule has 0 saturated heterocycles. The Bertz CT molecular complexity index is 1430. The number of fused-ring (bicyclic) bond motifs is 2. The minimum Gasteiger partial charge on any atom is -0.386 e. The molecule has 0 aliphatic carbocycles. The molecule has 3 aromatic rings. The lowest BCUT2D eigenvalue weighted by molar-refractivity contribution is 0.0776. The van der Waals surface area contributed by atoms with E-state index in [0.29, 0.717) is 23.5 Å². The van der Waals surface area contributed by atoms with Gasteiger partial charge in [0.15, 0.2) is 0 Å². The summed E-state index contributed by atoms with van der Waals surface area (Å²) >= 11 is 6.49. The van der Waals surface area contributed by atoms with Gasteiger partial charge in [0.25, 0.3) is 10.0 Å². The highest BCUT2D eigenvalue weighted by molar-refractivity contribution is 7.92. The third-order valence-electron chi connectivity index (χ3n) is 6.50. The van der Waals surface area contributed by atoms with Crippen molar-refractivity contribution in [3.63, 3.8) is 0 Å². The summed E-state index contributed by atoms with van der Waals surface area (Å²) in [4.78, 5) is 14.5. The average Bonchev–Trinajstić information content (AvgIpc) is 2.82. The number of para-hydroxylation sites is 1. The maximum absolute atomic E-state index is 13.7. The molecule has 2 N–H and O–H groups in total. The van der Waals surface area contributed by atoms with E-state index >= 15 is 0 Å². The maximum Gasteiger partial charge on any atom is 0.326 e. The normalized spacial score (nSPS) is 15.9. The molecule has 5 rings (SSSR count). The summed E-state index contributed by atoms with van der Waals surface area (Å²) in [6.45, 7) is 3.88. The van der Waals surface area contributed by atoms with Gasteiger partial charge in [-0.05, 0) is 68.1 Å². The number of carbonyl (C=O) groups is 1. The smallest absolute Gasteiger partial charge is 0.326 e. The number of carbonyl (C=O) groups excluding carboxylic acids is 1. The predicted octanol–water partition coefficient (Wildman–Crippen LogP) is 5.26. The Morgan fingerprint density at radius 3 is 2.57 bits per heavy atom. The van der Waals surface area contributed by atoms with Crippen LogP contribution in [-0.2, 0) is 28.6 Å². The number of aryl methyl sites for hydroxylation is 1. The molecule has 0 bridgehead atoms. The molecule has 0 atom stereocenters. The highest BCUT2D eigenvalue weighted by Crippen LogP contribution is 2.39. The van der Waals surface area contributed by atoms with Gasteiger partial charge in [-0.2, -0.15) is 0 Å². The monoisotopic (exact) mass is 511 g/mol. The van der Waals surface area contributed by atoms with Crippen LogP contribution in [0.5, 0.6) is 0 Å². The molecule has 2 aliphatic heterocycles. The Morgan fingerprint density at radius 2 is 1.80 bits per heavy atom. The number of hydrogen-bond donors (Lipinski definition) is 2. The first-order valence-corrected chi connectivity index (χ1v) is 13.2. The molecule has 0 aromatic heterocycles. The van der Waals surface area contributed by atoms with Gasteiger partial charge >= 0.3 is 6.03 Å². The number of rotatable bonds is 4. The highest BCUT2D eigenvalue weighted by atomic mass is 35.5. The van der Waals surface area contributed by atoms with Gasteiger partial charge in [-0.3, -0.25) is 9.21 Å². The van der Waals surface area contributed by atoms with Gasteiger partial charge in [0, 0.05) is 17.8 Å². The summed E-state index contributed by atoms with van der Waals surface area (Å²) in [5, 5.41) is 13.7. The lowest BCUT2D eigenvalue weighted by atomic mass is 9.91. The molecule has 0 saturated carbocycles. The van der Waals surface area contributed by atoms with E-state index in [4.69, 9.17) is 11.6 Å². The van der Waals surface area contributed by atoms with Gasteiger partial charge in [-0.25, -0.2) is 13.2 Å². The molecule has 35 heavy (non-hydrogen) atoms. The summed E-state index contributed by atoms with van der Waals surface area (Å²) < 4.78 is 28.8. The van der Waals surface area contributed by atoms with Crippen LogP contribution < -0.4 is 14.5 Å². The largest absolute Gasteiger partial charge is 0.386 e.